The zero-order chi connectivity index (χ0) is 44.4. The zero-order valence-corrected chi connectivity index (χ0v) is 38.7. The number of benzene rings is 2. The van der Waals surface area contributed by atoms with Gasteiger partial charge in [-0.1, -0.05) is 74.6 Å². The molecule has 19 heteroatoms. The molecule has 2 aliphatic carbocycles. The van der Waals surface area contributed by atoms with E-state index >= 15 is 0 Å². The van der Waals surface area contributed by atoms with Crippen molar-refractivity contribution < 1.29 is 19.7 Å². The molecule has 4 heterocycles. The van der Waals surface area contributed by atoms with E-state index in [1.807, 2.05) is 18.2 Å². The Hall–Kier alpha value is -4.19. The van der Waals surface area contributed by atoms with Gasteiger partial charge in [0.15, 0.2) is 0 Å². The largest absolute Gasteiger partial charge is 0.495 e. The number of rotatable bonds is 11. The van der Waals surface area contributed by atoms with E-state index in [-0.39, 0.29) is 17.5 Å². The Morgan fingerprint density at radius 3 is 1.43 bits per heavy atom. The number of nitrogens with zero attached hydrogens (tertiary/aromatic N) is 7. The zero-order valence-electron chi connectivity index (χ0n) is 36.4. The maximum Gasteiger partial charge on any atom is 0.233 e. The van der Waals surface area contributed by atoms with Gasteiger partial charge in [0.1, 0.15) is 11.5 Å². The van der Waals surface area contributed by atoms with Gasteiger partial charge in [-0.05, 0) is 112 Å². The average Bonchev–Trinajstić information content (AvgIpc) is 3.70. The summed E-state index contributed by atoms with van der Waals surface area (Å²) in [5, 5.41) is 36.3. The van der Waals surface area contributed by atoms with Crippen molar-refractivity contribution in [2.24, 2.45) is 0 Å². The van der Waals surface area contributed by atoms with Crippen molar-refractivity contribution in [3.63, 3.8) is 0 Å². The average molecular weight is 930 g/mol. The molecule has 16 nitrogen and oxygen atoms in total. The van der Waals surface area contributed by atoms with E-state index in [1.54, 1.807) is 32.4 Å². The number of aliphatic hydroxyl groups excluding tert-OH is 2. The summed E-state index contributed by atoms with van der Waals surface area (Å²) in [6, 6.07) is 11.6. The standard InChI is InChI=1S/C22H31ClN6O2.C17H21Cl2N5O.C5H11NO/c1-31-19-9-8-16(14-18(19)23)25-21-26-20(24-15-6-4-2-3-5-7-15)27-22(28-21)29-12-10-17(30)11-13-29;1-25-14-9-8-12(10-13(14)18)21-17-23-15(19)22-16(24-17)20-11-6-4-2-3-5-7-11;7-5-1-3-6-4-2-5/h8-9,14-15,17,30H,2-7,10-13H2,1H3,(H2,24,25,26,27,28);8-11H,2-7H2,1H3,(H2,20,21,22,23,24);5-7H,1-4H2. The summed E-state index contributed by atoms with van der Waals surface area (Å²) in [6.07, 6.45) is 17.6. The topological polar surface area (TPSA) is 200 Å². The number of aliphatic hydroxyl groups is 2. The number of hydrogen-bond acceptors (Lipinski definition) is 16. The third kappa shape index (κ3) is 16.1. The molecule has 0 amide bonds. The summed E-state index contributed by atoms with van der Waals surface area (Å²) in [6.45, 7) is 3.42. The first-order valence-electron chi connectivity index (χ1n) is 22.4. The fourth-order valence-corrected chi connectivity index (χ4v) is 8.60. The maximum absolute atomic E-state index is 9.86. The minimum atomic E-state index is -0.249. The third-order valence-electron chi connectivity index (χ3n) is 11.5. The van der Waals surface area contributed by atoms with Crippen LogP contribution in [0.3, 0.4) is 0 Å². The molecule has 2 saturated heterocycles. The molecular formula is C44H63Cl3N12O4. The minimum Gasteiger partial charge on any atom is -0.495 e. The quantitative estimate of drug-likeness (QED) is 0.0702. The van der Waals surface area contributed by atoms with Gasteiger partial charge in [0.05, 0.1) is 36.5 Å². The number of anilines is 7. The molecule has 344 valence electrons. The van der Waals surface area contributed by atoms with Crippen LogP contribution in [0.15, 0.2) is 36.4 Å². The molecule has 0 spiro atoms. The molecule has 4 fully saturated rings. The number of nitrogens with one attached hydrogen (secondary N) is 5. The van der Waals surface area contributed by atoms with Gasteiger partial charge in [-0.2, -0.15) is 29.9 Å². The van der Waals surface area contributed by atoms with Crippen LogP contribution < -0.4 is 41.0 Å². The van der Waals surface area contributed by atoms with E-state index in [9.17, 15) is 5.11 Å². The van der Waals surface area contributed by atoms with Crippen molar-refractivity contribution in [3.8, 4) is 11.5 Å². The molecule has 2 saturated carbocycles. The van der Waals surface area contributed by atoms with E-state index in [0.717, 1.165) is 76.1 Å². The summed E-state index contributed by atoms with van der Waals surface area (Å²) in [5.41, 5.74) is 1.52. The molecule has 4 aromatic rings. The lowest BCUT2D eigenvalue weighted by Crippen LogP contribution is -2.37. The summed E-state index contributed by atoms with van der Waals surface area (Å²) in [7, 11) is 3.17. The van der Waals surface area contributed by atoms with Crippen LogP contribution >= 0.6 is 34.8 Å². The van der Waals surface area contributed by atoms with E-state index in [1.165, 1.54) is 51.4 Å². The Labute approximate surface area is 386 Å². The van der Waals surface area contributed by atoms with E-state index < -0.39 is 0 Å². The molecule has 2 aromatic heterocycles. The van der Waals surface area contributed by atoms with Crippen LogP contribution in [0.2, 0.25) is 15.3 Å². The van der Waals surface area contributed by atoms with Crippen LogP contribution in [0.5, 0.6) is 11.5 Å². The van der Waals surface area contributed by atoms with E-state index in [4.69, 9.17) is 54.4 Å². The highest BCUT2D eigenvalue weighted by Crippen LogP contribution is 2.31. The smallest absolute Gasteiger partial charge is 0.233 e. The first kappa shape index (κ1) is 48.3. The molecular weight excluding hydrogens is 867 g/mol. The van der Waals surface area contributed by atoms with Gasteiger partial charge in [0, 0.05) is 36.5 Å². The molecule has 0 bridgehead atoms. The highest BCUT2D eigenvalue weighted by atomic mass is 35.5. The van der Waals surface area contributed by atoms with Crippen molar-refractivity contribution >= 4 is 75.9 Å². The lowest BCUT2D eigenvalue weighted by molar-refractivity contribution is 0.137. The van der Waals surface area contributed by atoms with Crippen molar-refractivity contribution in [2.75, 3.05) is 66.6 Å². The van der Waals surface area contributed by atoms with Crippen molar-refractivity contribution in [1.29, 1.82) is 0 Å². The van der Waals surface area contributed by atoms with Gasteiger partial charge in [0.2, 0.25) is 35.0 Å². The number of ether oxygens (including phenoxy) is 2. The summed E-state index contributed by atoms with van der Waals surface area (Å²) >= 11 is 18.5. The fraction of sp³-hybridized carbons (Fsp3) is 0.591. The van der Waals surface area contributed by atoms with Crippen LogP contribution in [0.4, 0.5) is 41.1 Å². The van der Waals surface area contributed by atoms with Crippen LogP contribution in [0, 0.1) is 0 Å². The second-order valence-corrected chi connectivity index (χ2v) is 17.5. The first-order chi connectivity index (χ1) is 30.6. The summed E-state index contributed by atoms with van der Waals surface area (Å²) < 4.78 is 10.4. The fourth-order valence-electron chi connectivity index (χ4n) is 7.93. The Balaban J connectivity index is 0.000000184. The van der Waals surface area contributed by atoms with Crippen LogP contribution in [0.25, 0.3) is 0 Å². The Kier molecular flexibility index (Phi) is 19.4. The highest BCUT2D eigenvalue weighted by Gasteiger charge is 2.22. The van der Waals surface area contributed by atoms with Gasteiger partial charge < -0.3 is 51.2 Å². The Bertz CT molecular complexity index is 1990. The van der Waals surface area contributed by atoms with Gasteiger partial charge >= 0.3 is 0 Å². The SMILES string of the molecule is COc1ccc(Nc2nc(Cl)nc(NC3CCCCCC3)n2)cc1Cl.COc1ccc(Nc2nc(NC3CCCCCC3)nc(N3CCC(O)CC3)n2)cc1Cl.OC1CCNCC1. The molecule has 0 unspecified atom stereocenters. The second-order valence-electron chi connectivity index (χ2n) is 16.3. The predicted molar refractivity (Wildman–Crippen MR) is 253 cm³/mol. The van der Waals surface area contributed by atoms with Crippen molar-refractivity contribution in [3.05, 3.63) is 51.7 Å². The minimum absolute atomic E-state index is 0.0266. The third-order valence-corrected chi connectivity index (χ3v) is 12.2. The van der Waals surface area contributed by atoms with Crippen LogP contribution in [-0.4, -0.2) is 105 Å². The van der Waals surface area contributed by atoms with Crippen molar-refractivity contribution in [2.45, 2.75) is 127 Å². The molecule has 8 rings (SSSR count). The molecule has 4 aliphatic rings. The molecule has 2 aliphatic heterocycles. The number of methoxy groups -OCH3 is 2. The highest BCUT2D eigenvalue weighted by molar-refractivity contribution is 6.32. The predicted octanol–water partition coefficient (Wildman–Crippen LogP) is 9.17. The van der Waals surface area contributed by atoms with Crippen LogP contribution in [0.1, 0.15) is 103 Å². The summed E-state index contributed by atoms with van der Waals surface area (Å²) in [5.74, 6) is 3.77. The molecule has 2 aromatic carbocycles. The van der Waals surface area contributed by atoms with E-state index in [2.05, 4.69) is 56.4 Å². The second kappa shape index (κ2) is 25.3. The van der Waals surface area contributed by atoms with E-state index in [0.29, 0.717) is 76.2 Å². The maximum atomic E-state index is 9.86. The molecule has 0 atom stereocenters. The van der Waals surface area contributed by atoms with Gasteiger partial charge in [-0.25, -0.2) is 0 Å². The molecule has 63 heavy (non-hydrogen) atoms. The Morgan fingerprint density at radius 2 is 0.984 bits per heavy atom. The summed E-state index contributed by atoms with van der Waals surface area (Å²) in [4.78, 5) is 28.9. The lowest BCUT2D eigenvalue weighted by Gasteiger charge is -2.30. The normalized spacial score (nSPS) is 18.0. The number of aromatic nitrogens is 6. The van der Waals surface area contributed by atoms with Crippen LogP contribution in [-0.2, 0) is 0 Å². The Morgan fingerprint density at radius 1 is 0.556 bits per heavy atom. The molecule has 0 radical (unpaired) electrons. The number of hydrogen-bond donors (Lipinski definition) is 7. The first-order valence-corrected chi connectivity index (χ1v) is 23.5. The number of halogens is 3. The van der Waals surface area contributed by atoms with Gasteiger partial charge in [-0.15, -0.1) is 0 Å². The molecule has 7 N–H and O–H groups in total. The van der Waals surface area contributed by atoms with Gasteiger partial charge in [-0.3, -0.25) is 0 Å². The van der Waals surface area contributed by atoms with Gasteiger partial charge in [0.25, 0.3) is 0 Å². The monoisotopic (exact) mass is 928 g/mol. The lowest BCUT2D eigenvalue weighted by atomic mass is 10.1. The number of piperidine rings is 2. The van der Waals surface area contributed by atoms with Crippen molar-refractivity contribution in [1.82, 2.24) is 35.2 Å².